The fourth-order valence-corrected chi connectivity index (χ4v) is 2.98. The first kappa shape index (κ1) is 14.9. The first-order valence-corrected chi connectivity index (χ1v) is 8.22. The van der Waals surface area contributed by atoms with Gasteiger partial charge in [-0.25, -0.2) is 4.37 Å². The van der Waals surface area contributed by atoms with Crippen LogP contribution in [0, 0.1) is 0 Å². The van der Waals surface area contributed by atoms with Crippen molar-refractivity contribution < 1.29 is 0 Å². The molecule has 0 bridgehead atoms. The summed E-state index contributed by atoms with van der Waals surface area (Å²) in [5, 5.41) is 2.09. The SMILES string of the molecule is CN(CCc1ccccn1)Cc1cccc(-c2cnsc2)c1. The molecule has 0 aliphatic rings. The van der Waals surface area contributed by atoms with Crippen molar-refractivity contribution >= 4 is 11.5 Å². The van der Waals surface area contributed by atoms with Crippen molar-refractivity contribution in [2.24, 2.45) is 0 Å². The Labute approximate surface area is 135 Å². The molecule has 0 unspecified atom stereocenters. The van der Waals surface area contributed by atoms with Gasteiger partial charge in [-0.15, -0.1) is 0 Å². The number of rotatable bonds is 6. The molecule has 0 aliphatic carbocycles. The molecular weight excluding hydrogens is 290 g/mol. The molecule has 0 N–H and O–H groups in total. The normalized spacial score (nSPS) is 11.0. The molecule has 0 atom stereocenters. The molecule has 3 rings (SSSR count). The third kappa shape index (κ3) is 4.00. The average Bonchev–Trinajstić information content (AvgIpc) is 3.09. The summed E-state index contributed by atoms with van der Waals surface area (Å²) in [6.45, 7) is 1.94. The third-order valence-corrected chi connectivity index (χ3v) is 4.21. The Hall–Kier alpha value is -2.04. The van der Waals surface area contributed by atoms with E-state index in [2.05, 4.69) is 57.0 Å². The average molecular weight is 309 g/mol. The van der Waals surface area contributed by atoms with Crippen LogP contribution in [0.2, 0.25) is 0 Å². The quantitative estimate of drug-likeness (QED) is 0.692. The van der Waals surface area contributed by atoms with Gasteiger partial charge in [-0.1, -0.05) is 24.3 Å². The molecule has 2 heterocycles. The van der Waals surface area contributed by atoms with E-state index in [4.69, 9.17) is 0 Å². The van der Waals surface area contributed by atoms with E-state index >= 15 is 0 Å². The Balaban J connectivity index is 1.59. The summed E-state index contributed by atoms with van der Waals surface area (Å²) in [6.07, 6.45) is 4.76. The van der Waals surface area contributed by atoms with Gasteiger partial charge in [0.15, 0.2) is 0 Å². The van der Waals surface area contributed by atoms with Crippen LogP contribution in [0.1, 0.15) is 11.3 Å². The Kier molecular flexibility index (Phi) is 4.93. The molecule has 22 heavy (non-hydrogen) atoms. The minimum atomic E-state index is 0.943. The first-order valence-electron chi connectivity index (χ1n) is 7.38. The lowest BCUT2D eigenvalue weighted by Crippen LogP contribution is -2.21. The van der Waals surface area contributed by atoms with Crippen molar-refractivity contribution in [1.82, 2.24) is 14.3 Å². The molecule has 0 saturated carbocycles. The molecule has 1 aromatic carbocycles. The van der Waals surface area contributed by atoms with Crippen molar-refractivity contribution in [3.8, 4) is 11.1 Å². The van der Waals surface area contributed by atoms with E-state index in [9.17, 15) is 0 Å². The van der Waals surface area contributed by atoms with E-state index in [1.54, 1.807) is 0 Å². The Morgan fingerprint density at radius 2 is 2.05 bits per heavy atom. The zero-order valence-electron chi connectivity index (χ0n) is 12.6. The summed E-state index contributed by atoms with van der Waals surface area (Å²) >= 11 is 1.49. The molecule has 2 aromatic heterocycles. The highest BCUT2D eigenvalue weighted by Crippen LogP contribution is 2.21. The lowest BCUT2D eigenvalue weighted by atomic mass is 10.1. The molecule has 0 saturated heterocycles. The Bertz CT molecular complexity index is 695. The molecule has 0 spiro atoms. The number of nitrogens with zero attached hydrogens (tertiary/aromatic N) is 3. The fraction of sp³-hybridized carbons (Fsp3) is 0.222. The van der Waals surface area contributed by atoms with Gasteiger partial charge in [-0.3, -0.25) is 4.98 Å². The molecule has 112 valence electrons. The number of benzene rings is 1. The number of likely N-dealkylation sites (N-methyl/N-ethyl adjacent to an activating group) is 1. The highest BCUT2D eigenvalue weighted by Gasteiger charge is 2.04. The van der Waals surface area contributed by atoms with E-state index in [0.29, 0.717) is 0 Å². The van der Waals surface area contributed by atoms with Gasteiger partial charge >= 0.3 is 0 Å². The van der Waals surface area contributed by atoms with Crippen molar-refractivity contribution in [3.05, 3.63) is 71.5 Å². The summed E-state index contributed by atoms with van der Waals surface area (Å²) in [6, 6.07) is 14.8. The van der Waals surface area contributed by atoms with E-state index in [1.165, 1.54) is 28.2 Å². The van der Waals surface area contributed by atoms with Crippen LogP contribution in [0.25, 0.3) is 11.1 Å². The molecule has 4 heteroatoms. The number of pyridine rings is 1. The van der Waals surface area contributed by atoms with E-state index < -0.39 is 0 Å². The predicted octanol–water partition coefficient (Wildman–Crippen LogP) is 3.88. The summed E-state index contributed by atoms with van der Waals surface area (Å²) in [5.41, 5.74) is 4.91. The smallest absolute Gasteiger partial charge is 0.0485 e. The van der Waals surface area contributed by atoms with Gasteiger partial charge in [0.25, 0.3) is 0 Å². The molecule has 0 aliphatic heterocycles. The predicted molar refractivity (Wildman–Crippen MR) is 91.8 cm³/mol. The minimum absolute atomic E-state index is 0.943. The standard InChI is InChI=1S/C18H19N3S/c1-21(10-8-18-7-2-3-9-19-18)13-15-5-4-6-16(11-15)17-12-20-22-14-17/h2-7,9,11-12,14H,8,10,13H2,1H3. The van der Waals surface area contributed by atoms with Crippen LogP contribution >= 0.6 is 11.5 Å². The second-order valence-corrected chi connectivity index (χ2v) is 6.08. The molecular formula is C18H19N3S. The van der Waals surface area contributed by atoms with Gasteiger partial charge in [0.1, 0.15) is 0 Å². The largest absolute Gasteiger partial charge is 0.302 e. The lowest BCUT2D eigenvalue weighted by Gasteiger charge is -2.17. The van der Waals surface area contributed by atoms with Crippen LogP contribution in [-0.4, -0.2) is 27.8 Å². The van der Waals surface area contributed by atoms with Crippen LogP contribution in [0.15, 0.2) is 60.2 Å². The molecule has 0 fully saturated rings. The Morgan fingerprint density at radius 1 is 1.09 bits per heavy atom. The topological polar surface area (TPSA) is 29.0 Å². The van der Waals surface area contributed by atoms with Crippen LogP contribution in [0.5, 0.6) is 0 Å². The van der Waals surface area contributed by atoms with Crippen molar-refractivity contribution in [2.75, 3.05) is 13.6 Å². The lowest BCUT2D eigenvalue weighted by molar-refractivity contribution is 0.330. The van der Waals surface area contributed by atoms with Gasteiger partial charge in [0.2, 0.25) is 0 Å². The van der Waals surface area contributed by atoms with Gasteiger partial charge in [0, 0.05) is 48.5 Å². The van der Waals surface area contributed by atoms with Crippen LogP contribution in [0.3, 0.4) is 0 Å². The molecule has 3 aromatic rings. The minimum Gasteiger partial charge on any atom is -0.302 e. The van der Waals surface area contributed by atoms with Gasteiger partial charge in [-0.2, -0.15) is 0 Å². The zero-order valence-corrected chi connectivity index (χ0v) is 13.5. The van der Waals surface area contributed by atoms with E-state index in [1.807, 2.05) is 24.5 Å². The zero-order chi connectivity index (χ0) is 15.2. The highest BCUT2D eigenvalue weighted by molar-refractivity contribution is 7.03. The van der Waals surface area contributed by atoms with Crippen molar-refractivity contribution in [1.29, 1.82) is 0 Å². The first-order chi connectivity index (χ1) is 10.8. The molecule has 0 radical (unpaired) electrons. The summed E-state index contributed by atoms with van der Waals surface area (Å²) in [7, 11) is 2.15. The van der Waals surface area contributed by atoms with Gasteiger partial charge in [0.05, 0.1) is 0 Å². The number of hydrogen-bond acceptors (Lipinski definition) is 4. The molecule has 3 nitrogen and oxygen atoms in total. The van der Waals surface area contributed by atoms with Crippen LogP contribution in [-0.2, 0) is 13.0 Å². The second-order valence-electron chi connectivity index (χ2n) is 5.42. The maximum Gasteiger partial charge on any atom is 0.0485 e. The summed E-state index contributed by atoms with van der Waals surface area (Å²) < 4.78 is 4.18. The highest BCUT2D eigenvalue weighted by atomic mass is 32.1. The summed E-state index contributed by atoms with van der Waals surface area (Å²) in [4.78, 5) is 6.71. The number of aromatic nitrogens is 2. The van der Waals surface area contributed by atoms with Crippen LogP contribution in [0.4, 0.5) is 0 Å². The Morgan fingerprint density at radius 3 is 2.82 bits per heavy atom. The van der Waals surface area contributed by atoms with Crippen molar-refractivity contribution in [2.45, 2.75) is 13.0 Å². The maximum atomic E-state index is 4.37. The van der Waals surface area contributed by atoms with E-state index in [0.717, 1.165) is 25.2 Å². The van der Waals surface area contributed by atoms with Crippen LogP contribution < -0.4 is 0 Å². The number of hydrogen-bond donors (Lipinski definition) is 0. The maximum absolute atomic E-state index is 4.37. The molecule has 0 amide bonds. The monoisotopic (exact) mass is 309 g/mol. The van der Waals surface area contributed by atoms with Gasteiger partial charge in [-0.05, 0) is 47.9 Å². The second kappa shape index (κ2) is 7.29. The van der Waals surface area contributed by atoms with Crippen molar-refractivity contribution in [3.63, 3.8) is 0 Å². The van der Waals surface area contributed by atoms with Gasteiger partial charge < -0.3 is 4.90 Å². The third-order valence-electron chi connectivity index (χ3n) is 3.62. The summed E-state index contributed by atoms with van der Waals surface area (Å²) in [5.74, 6) is 0. The van der Waals surface area contributed by atoms with E-state index in [-0.39, 0.29) is 0 Å². The fourth-order valence-electron chi connectivity index (χ4n) is 2.44.